The zero-order chi connectivity index (χ0) is 19.9. The minimum atomic E-state index is -3.92. The van der Waals surface area contributed by atoms with Crippen LogP contribution in [0.4, 0.5) is 5.69 Å². The number of benzene rings is 2. The molecule has 0 saturated heterocycles. The van der Waals surface area contributed by atoms with Crippen molar-refractivity contribution in [3.05, 3.63) is 77.2 Å². The van der Waals surface area contributed by atoms with Crippen molar-refractivity contribution in [3.63, 3.8) is 0 Å². The number of hydrogen-bond acceptors (Lipinski definition) is 5. The topological polar surface area (TPSA) is 80.5 Å². The molecule has 1 aromatic heterocycles. The summed E-state index contributed by atoms with van der Waals surface area (Å²) in [4.78, 5) is 12.9. The van der Waals surface area contributed by atoms with E-state index < -0.39 is 10.0 Å². The maximum Gasteiger partial charge on any atom is 0.278 e. The van der Waals surface area contributed by atoms with Crippen molar-refractivity contribution >= 4 is 33.3 Å². The van der Waals surface area contributed by atoms with Crippen LogP contribution in [-0.4, -0.2) is 19.4 Å². The zero-order valence-corrected chi connectivity index (χ0v) is 16.6. The van der Waals surface area contributed by atoms with Crippen molar-refractivity contribution < 1.29 is 17.7 Å². The fourth-order valence-electron chi connectivity index (χ4n) is 3.02. The van der Waals surface area contributed by atoms with E-state index in [0.717, 1.165) is 12.8 Å². The number of ketones is 1. The molecule has 28 heavy (non-hydrogen) atoms. The number of sulfonamides is 1. The first-order chi connectivity index (χ1) is 13.4. The van der Waals surface area contributed by atoms with Crippen LogP contribution in [0.5, 0.6) is 0 Å². The molecule has 0 unspecified atom stereocenters. The molecule has 4 rings (SSSR count). The van der Waals surface area contributed by atoms with Crippen LogP contribution in [0.15, 0.2) is 64.1 Å². The highest BCUT2D eigenvalue weighted by atomic mass is 35.5. The van der Waals surface area contributed by atoms with Crippen LogP contribution in [0.2, 0.25) is 0 Å². The van der Waals surface area contributed by atoms with E-state index in [1.54, 1.807) is 37.3 Å². The van der Waals surface area contributed by atoms with Crippen molar-refractivity contribution in [1.82, 2.24) is 5.16 Å². The summed E-state index contributed by atoms with van der Waals surface area (Å²) in [5, 5.41) is 3.75. The Kier molecular flexibility index (Phi) is 4.72. The van der Waals surface area contributed by atoms with Crippen LogP contribution in [-0.2, 0) is 10.0 Å². The lowest BCUT2D eigenvalue weighted by molar-refractivity contribution is 0.103. The molecule has 0 atom stereocenters. The number of rotatable bonds is 6. The van der Waals surface area contributed by atoms with Gasteiger partial charge in [-0.3, -0.25) is 4.79 Å². The molecule has 0 bridgehead atoms. The van der Waals surface area contributed by atoms with E-state index in [1.807, 2.05) is 0 Å². The number of carbonyl (C=O) groups is 1. The maximum atomic E-state index is 12.8. The first kappa shape index (κ1) is 18.7. The average Bonchev–Trinajstić information content (AvgIpc) is 3.43. The van der Waals surface area contributed by atoms with Gasteiger partial charge in [0.25, 0.3) is 10.0 Å². The van der Waals surface area contributed by atoms with Crippen LogP contribution in [0.3, 0.4) is 0 Å². The molecule has 6 nitrogen and oxygen atoms in total. The fourth-order valence-corrected chi connectivity index (χ4v) is 4.65. The molecular weight excluding hydrogens is 400 g/mol. The molecule has 1 saturated carbocycles. The Morgan fingerprint density at radius 1 is 1.14 bits per heavy atom. The third kappa shape index (κ3) is 3.31. The average molecular weight is 417 g/mol. The van der Waals surface area contributed by atoms with E-state index in [1.165, 1.54) is 24.4 Å². The van der Waals surface area contributed by atoms with Gasteiger partial charge in [0.1, 0.15) is 0 Å². The molecule has 144 valence electrons. The SMILES string of the molecule is Cc1ccccc1S(=O)(=O)N(Cl)c1ccc(C(=O)c2cnoc2C2CC2)cc1. The van der Waals surface area contributed by atoms with Crippen LogP contribution in [0.1, 0.15) is 46.0 Å². The van der Waals surface area contributed by atoms with Gasteiger partial charge in [0, 0.05) is 23.3 Å². The summed E-state index contributed by atoms with van der Waals surface area (Å²) < 4.78 is 31.5. The Bertz CT molecular complexity index is 1140. The minimum Gasteiger partial charge on any atom is -0.360 e. The van der Waals surface area contributed by atoms with Crippen LogP contribution in [0, 0.1) is 6.92 Å². The molecule has 3 aromatic rings. The number of aryl methyl sites for hydroxylation is 1. The second kappa shape index (κ2) is 7.07. The van der Waals surface area contributed by atoms with Gasteiger partial charge >= 0.3 is 0 Å². The number of nitrogens with zero attached hydrogens (tertiary/aromatic N) is 2. The summed E-state index contributed by atoms with van der Waals surface area (Å²) in [6.07, 6.45) is 3.42. The van der Waals surface area contributed by atoms with Gasteiger partial charge in [-0.05, 0) is 55.7 Å². The van der Waals surface area contributed by atoms with Crippen LogP contribution in [0.25, 0.3) is 0 Å². The molecule has 8 heteroatoms. The predicted molar refractivity (Wildman–Crippen MR) is 105 cm³/mol. The van der Waals surface area contributed by atoms with Crippen LogP contribution >= 0.6 is 11.8 Å². The highest BCUT2D eigenvalue weighted by Crippen LogP contribution is 2.42. The minimum absolute atomic E-state index is 0.128. The Morgan fingerprint density at radius 3 is 2.46 bits per heavy atom. The van der Waals surface area contributed by atoms with Gasteiger partial charge < -0.3 is 4.52 Å². The fraction of sp³-hybridized carbons (Fsp3) is 0.200. The Balaban J connectivity index is 1.60. The highest BCUT2D eigenvalue weighted by molar-refractivity contribution is 7.94. The normalized spacial score (nSPS) is 14.1. The summed E-state index contributed by atoms with van der Waals surface area (Å²) in [6.45, 7) is 1.70. The number of aromatic nitrogens is 1. The number of hydrogen-bond donors (Lipinski definition) is 0. The second-order valence-electron chi connectivity index (χ2n) is 6.74. The molecule has 0 amide bonds. The lowest BCUT2D eigenvalue weighted by atomic mass is 10.0. The first-order valence-corrected chi connectivity index (χ1v) is 10.5. The van der Waals surface area contributed by atoms with E-state index >= 15 is 0 Å². The summed E-state index contributed by atoms with van der Waals surface area (Å²) in [5.41, 5.74) is 1.70. The van der Waals surface area contributed by atoms with Crippen LogP contribution < -0.4 is 3.82 Å². The van der Waals surface area contributed by atoms with E-state index in [-0.39, 0.29) is 22.3 Å². The first-order valence-electron chi connectivity index (χ1n) is 8.75. The number of halogens is 1. The zero-order valence-electron chi connectivity index (χ0n) is 15.0. The lowest BCUT2D eigenvalue weighted by Crippen LogP contribution is -2.22. The van der Waals surface area contributed by atoms with E-state index in [2.05, 4.69) is 5.16 Å². The van der Waals surface area contributed by atoms with Crippen molar-refractivity contribution in [3.8, 4) is 0 Å². The smallest absolute Gasteiger partial charge is 0.278 e. The molecule has 1 aliphatic carbocycles. The Morgan fingerprint density at radius 2 is 1.82 bits per heavy atom. The van der Waals surface area contributed by atoms with Gasteiger partial charge in [-0.1, -0.05) is 23.4 Å². The molecule has 2 aromatic carbocycles. The third-order valence-corrected chi connectivity index (χ3v) is 7.09. The standard InChI is InChI=1S/C20H17ClN2O4S/c1-13-4-2-3-5-18(13)28(25,26)23(21)16-10-8-14(9-11-16)19(24)17-12-22-27-20(17)15-6-7-15/h2-5,8-12,15H,6-7H2,1H3. The van der Waals surface area contributed by atoms with E-state index in [4.69, 9.17) is 16.3 Å². The van der Waals surface area contributed by atoms with Gasteiger partial charge in [-0.25, -0.2) is 0 Å². The Hall–Kier alpha value is -2.64. The Labute approximate surface area is 167 Å². The van der Waals surface area contributed by atoms with Crippen molar-refractivity contribution in [2.45, 2.75) is 30.6 Å². The van der Waals surface area contributed by atoms with E-state index in [9.17, 15) is 13.2 Å². The van der Waals surface area contributed by atoms with E-state index in [0.29, 0.717) is 26.3 Å². The predicted octanol–water partition coefficient (Wildman–Crippen LogP) is 4.44. The van der Waals surface area contributed by atoms with Crippen molar-refractivity contribution in [2.24, 2.45) is 0 Å². The lowest BCUT2D eigenvalue weighted by Gasteiger charge is -2.17. The molecule has 1 aliphatic rings. The summed E-state index contributed by atoms with van der Waals surface area (Å²) >= 11 is 6.15. The van der Waals surface area contributed by atoms with Gasteiger partial charge in [0.2, 0.25) is 0 Å². The number of carbonyl (C=O) groups excluding carboxylic acids is 1. The summed E-state index contributed by atoms with van der Waals surface area (Å²) in [5.74, 6) is 0.672. The molecule has 0 radical (unpaired) electrons. The quantitative estimate of drug-likeness (QED) is 0.438. The maximum absolute atomic E-state index is 12.8. The molecular formula is C20H17ClN2O4S. The third-order valence-electron chi connectivity index (χ3n) is 4.71. The largest absolute Gasteiger partial charge is 0.360 e. The molecule has 0 N–H and O–H groups in total. The molecule has 1 fully saturated rings. The van der Waals surface area contributed by atoms with Crippen molar-refractivity contribution in [2.75, 3.05) is 3.82 Å². The van der Waals surface area contributed by atoms with Crippen molar-refractivity contribution in [1.29, 1.82) is 0 Å². The van der Waals surface area contributed by atoms with Gasteiger partial charge in [0.15, 0.2) is 11.5 Å². The van der Waals surface area contributed by atoms with Gasteiger partial charge in [0.05, 0.1) is 22.3 Å². The number of anilines is 1. The highest BCUT2D eigenvalue weighted by Gasteiger charge is 2.33. The monoisotopic (exact) mass is 416 g/mol. The molecule has 0 aliphatic heterocycles. The molecule has 1 heterocycles. The van der Waals surface area contributed by atoms with Gasteiger partial charge in [-0.2, -0.15) is 12.2 Å². The van der Waals surface area contributed by atoms with Gasteiger partial charge in [-0.15, -0.1) is 0 Å². The second-order valence-corrected chi connectivity index (χ2v) is 9.03. The summed E-state index contributed by atoms with van der Waals surface area (Å²) in [6, 6.07) is 12.7. The summed E-state index contributed by atoms with van der Waals surface area (Å²) in [7, 11) is -3.92. The molecule has 0 spiro atoms.